The molecule has 0 aromatic carbocycles. The maximum Gasteiger partial charge on any atom is 0.410 e. The van der Waals surface area contributed by atoms with Gasteiger partial charge in [-0.2, -0.15) is 0 Å². The number of carbonyl (C=O) groups excluding carboxylic acids is 2. The van der Waals surface area contributed by atoms with E-state index in [0.29, 0.717) is 19.5 Å². The van der Waals surface area contributed by atoms with Gasteiger partial charge in [0.25, 0.3) is 0 Å². The summed E-state index contributed by atoms with van der Waals surface area (Å²) in [6.45, 7) is 6.65. The van der Waals surface area contributed by atoms with Crippen molar-refractivity contribution in [3.8, 4) is 0 Å². The van der Waals surface area contributed by atoms with Crippen molar-refractivity contribution in [3.05, 3.63) is 30.1 Å². The molecule has 6 nitrogen and oxygen atoms in total. The third-order valence-electron chi connectivity index (χ3n) is 3.85. The highest BCUT2D eigenvalue weighted by Gasteiger charge is 2.36. The van der Waals surface area contributed by atoms with Crippen LogP contribution in [0.15, 0.2) is 24.5 Å². The smallest absolute Gasteiger partial charge is 0.410 e. The molecule has 1 aliphatic rings. The largest absolute Gasteiger partial charge is 0.444 e. The quantitative estimate of drug-likeness (QED) is 0.841. The first-order valence-corrected chi connectivity index (χ1v) is 8.53. The molecule has 1 N–H and O–H groups in total. The van der Waals surface area contributed by atoms with E-state index in [1.165, 1.54) is 0 Å². The fraction of sp³-hybridized carbons (Fsp3) is 0.611. The normalized spacial score (nSPS) is 17.6. The molecule has 0 saturated carbocycles. The lowest BCUT2D eigenvalue weighted by Crippen LogP contribution is -2.47. The number of rotatable bonds is 5. The third-order valence-corrected chi connectivity index (χ3v) is 3.85. The lowest BCUT2D eigenvalue weighted by molar-refractivity contribution is -0.125. The average molecular weight is 333 g/mol. The molecule has 2 heterocycles. The first-order valence-electron chi connectivity index (χ1n) is 8.53. The fourth-order valence-electron chi connectivity index (χ4n) is 2.75. The van der Waals surface area contributed by atoms with Crippen LogP contribution in [0.5, 0.6) is 0 Å². The van der Waals surface area contributed by atoms with E-state index in [9.17, 15) is 9.59 Å². The van der Waals surface area contributed by atoms with Crippen LogP contribution >= 0.6 is 0 Å². The zero-order valence-corrected chi connectivity index (χ0v) is 14.7. The maximum absolute atomic E-state index is 12.4. The molecule has 1 fully saturated rings. The number of amides is 2. The molecule has 0 bridgehead atoms. The van der Waals surface area contributed by atoms with Gasteiger partial charge >= 0.3 is 6.09 Å². The van der Waals surface area contributed by atoms with Crippen molar-refractivity contribution in [1.82, 2.24) is 15.2 Å². The number of hydrogen-bond acceptors (Lipinski definition) is 4. The second-order valence-electron chi connectivity index (χ2n) is 7.09. The molecular formula is C18H27N3O3. The molecule has 0 radical (unpaired) electrons. The van der Waals surface area contributed by atoms with Gasteiger partial charge in [-0.3, -0.25) is 14.7 Å². The van der Waals surface area contributed by atoms with Crippen LogP contribution in [-0.2, 0) is 16.0 Å². The van der Waals surface area contributed by atoms with Gasteiger partial charge in [0.2, 0.25) is 5.91 Å². The SMILES string of the molecule is CC(C)(C)OC(=O)N1CCCC1C(=O)NCCCc1cccnc1. The Morgan fingerprint density at radius 1 is 1.42 bits per heavy atom. The standard InChI is InChI=1S/C18H27N3O3/c1-18(2,3)24-17(23)21-12-6-9-15(21)16(22)20-11-5-8-14-7-4-10-19-13-14/h4,7,10,13,15H,5-6,8-9,11-12H2,1-3H3,(H,20,22). The molecule has 1 aromatic rings. The minimum absolute atomic E-state index is 0.0930. The number of nitrogens with one attached hydrogen (secondary N) is 1. The van der Waals surface area contributed by atoms with Crippen LogP contribution in [0.4, 0.5) is 4.79 Å². The van der Waals surface area contributed by atoms with Crippen LogP contribution in [0.2, 0.25) is 0 Å². The summed E-state index contributed by atoms with van der Waals surface area (Å²) >= 11 is 0. The Balaban J connectivity index is 1.77. The maximum atomic E-state index is 12.4. The third kappa shape index (κ3) is 5.51. The van der Waals surface area contributed by atoms with Gasteiger partial charge in [-0.15, -0.1) is 0 Å². The Morgan fingerprint density at radius 3 is 2.88 bits per heavy atom. The number of hydrogen-bond donors (Lipinski definition) is 1. The van der Waals surface area contributed by atoms with Crippen molar-refractivity contribution < 1.29 is 14.3 Å². The lowest BCUT2D eigenvalue weighted by atomic mass is 10.1. The molecule has 132 valence electrons. The molecule has 1 unspecified atom stereocenters. The second-order valence-corrected chi connectivity index (χ2v) is 7.09. The van der Waals surface area contributed by atoms with E-state index in [0.717, 1.165) is 24.8 Å². The monoisotopic (exact) mass is 333 g/mol. The van der Waals surface area contributed by atoms with Crippen LogP contribution in [0.3, 0.4) is 0 Å². The van der Waals surface area contributed by atoms with E-state index in [1.54, 1.807) is 11.1 Å². The Kier molecular flexibility index (Phi) is 6.17. The summed E-state index contributed by atoms with van der Waals surface area (Å²) in [5, 5.41) is 2.93. The first-order chi connectivity index (χ1) is 11.4. The van der Waals surface area contributed by atoms with Crippen LogP contribution in [0.25, 0.3) is 0 Å². The molecule has 6 heteroatoms. The number of nitrogens with zero attached hydrogens (tertiary/aromatic N) is 2. The number of likely N-dealkylation sites (tertiary alicyclic amines) is 1. The molecule has 2 rings (SSSR count). The number of aryl methyl sites for hydroxylation is 1. The Bertz CT molecular complexity index is 554. The predicted octanol–water partition coefficient (Wildman–Crippen LogP) is 2.53. The van der Waals surface area contributed by atoms with Crippen molar-refractivity contribution in [1.29, 1.82) is 0 Å². The topological polar surface area (TPSA) is 71.5 Å². The molecule has 1 aromatic heterocycles. The summed E-state index contributed by atoms with van der Waals surface area (Å²) in [7, 11) is 0. The van der Waals surface area contributed by atoms with Crippen molar-refractivity contribution in [2.75, 3.05) is 13.1 Å². The van der Waals surface area contributed by atoms with Gasteiger partial charge in [0.15, 0.2) is 0 Å². The zero-order valence-electron chi connectivity index (χ0n) is 14.7. The molecule has 2 amide bonds. The number of aromatic nitrogens is 1. The van der Waals surface area contributed by atoms with Crippen molar-refractivity contribution in [2.24, 2.45) is 0 Å². The summed E-state index contributed by atoms with van der Waals surface area (Å²) < 4.78 is 5.39. The van der Waals surface area contributed by atoms with Crippen LogP contribution in [-0.4, -0.2) is 46.6 Å². The van der Waals surface area contributed by atoms with E-state index >= 15 is 0 Å². The van der Waals surface area contributed by atoms with Gasteiger partial charge in [-0.05, 0) is 58.1 Å². The van der Waals surface area contributed by atoms with Gasteiger partial charge in [-0.1, -0.05) is 6.07 Å². The first kappa shape index (κ1) is 18.2. The minimum atomic E-state index is -0.551. The fourth-order valence-corrected chi connectivity index (χ4v) is 2.75. The van der Waals surface area contributed by atoms with E-state index in [1.807, 2.05) is 39.1 Å². The second kappa shape index (κ2) is 8.13. The molecule has 1 saturated heterocycles. The average Bonchev–Trinajstić information content (AvgIpc) is 3.00. The molecule has 24 heavy (non-hydrogen) atoms. The van der Waals surface area contributed by atoms with Crippen LogP contribution in [0.1, 0.15) is 45.6 Å². The summed E-state index contributed by atoms with van der Waals surface area (Å²) in [5.41, 5.74) is 0.604. The van der Waals surface area contributed by atoms with Gasteiger partial charge in [0, 0.05) is 25.5 Å². The van der Waals surface area contributed by atoms with Crippen molar-refractivity contribution in [2.45, 2.75) is 58.1 Å². The highest BCUT2D eigenvalue weighted by molar-refractivity contribution is 5.86. The molecule has 0 aliphatic carbocycles. The summed E-state index contributed by atoms with van der Waals surface area (Å²) in [6.07, 6.45) is 6.40. The van der Waals surface area contributed by atoms with Crippen LogP contribution in [0, 0.1) is 0 Å². The van der Waals surface area contributed by atoms with E-state index < -0.39 is 17.7 Å². The van der Waals surface area contributed by atoms with Gasteiger partial charge in [0.05, 0.1) is 0 Å². The minimum Gasteiger partial charge on any atom is -0.444 e. The Labute approximate surface area is 143 Å². The van der Waals surface area contributed by atoms with E-state index in [4.69, 9.17) is 4.74 Å². The van der Waals surface area contributed by atoms with Crippen molar-refractivity contribution >= 4 is 12.0 Å². The molecule has 1 atom stereocenters. The van der Waals surface area contributed by atoms with E-state index in [-0.39, 0.29) is 5.91 Å². The zero-order chi connectivity index (χ0) is 17.6. The number of pyridine rings is 1. The number of ether oxygens (including phenoxy) is 1. The van der Waals surface area contributed by atoms with E-state index in [2.05, 4.69) is 10.3 Å². The molecule has 0 spiro atoms. The van der Waals surface area contributed by atoms with Gasteiger partial charge < -0.3 is 10.1 Å². The van der Waals surface area contributed by atoms with Gasteiger partial charge in [0.1, 0.15) is 11.6 Å². The predicted molar refractivity (Wildman–Crippen MR) is 91.5 cm³/mol. The molecular weight excluding hydrogens is 306 g/mol. The summed E-state index contributed by atoms with van der Waals surface area (Å²) in [5.74, 6) is -0.0930. The number of carbonyl (C=O) groups is 2. The van der Waals surface area contributed by atoms with Gasteiger partial charge in [-0.25, -0.2) is 4.79 Å². The van der Waals surface area contributed by atoms with Crippen molar-refractivity contribution in [3.63, 3.8) is 0 Å². The lowest BCUT2D eigenvalue weighted by Gasteiger charge is -2.28. The Hall–Kier alpha value is -2.11. The highest BCUT2D eigenvalue weighted by atomic mass is 16.6. The highest BCUT2D eigenvalue weighted by Crippen LogP contribution is 2.21. The summed E-state index contributed by atoms with van der Waals surface area (Å²) in [6, 6.07) is 3.51. The van der Waals surface area contributed by atoms with Crippen LogP contribution < -0.4 is 5.32 Å². The summed E-state index contributed by atoms with van der Waals surface area (Å²) in [4.78, 5) is 30.2. The molecule has 1 aliphatic heterocycles. The Morgan fingerprint density at radius 2 is 2.21 bits per heavy atom.